The van der Waals surface area contributed by atoms with Gasteiger partial charge in [-0.3, -0.25) is 0 Å². The Morgan fingerprint density at radius 1 is 1.04 bits per heavy atom. The fourth-order valence-corrected chi connectivity index (χ4v) is 5.13. The van der Waals surface area contributed by atoms with Crippen molar-refractivity contribution in [3.05, 3.63) is 44.2 Å². The van der Waals surface area contributed by atoms with Gasteiger partial charge in [-0.25, -0.2) is 4.79 Å². The Kier molecular flexibility index (Phi) is 5.65. The largest absolute Gasteiger partial charge is 0.493 e. The summed E-state index contributed by atoms with van der Waals surface area (Å²) in [5, 5.41) is 2.02. The van der Waals surface area contributed by atoms with E-state index in [1.165, 1.54) is 18.4 Å². The molecule has 3 rings (SSSR count). The molecular formula is C18H15IO4S2. The lowest BCUT2D eigenvalue weighted by molar-refractivity contribution is 0.0606. The van der Waals surface area contributed by atoms with Gasteiger partial charge in [0.2, 0.25) is 0 Å². The van der Waals surface area contributed by atoms with E-state index >= 15 is 0 Å². The second-order valence-corrected chi connectivity index (χ2v) is 8.17. The van der Waals surface area contributed by atoms with Crippen LogP contribution in [0.15, 0.2) is 35.7 Å². The Morgan fingerprint density at radius 2 is 1.76 bits per heavy atom. The van der Waals surface area contributed by atoms with E-state index in [0.717, 1.165) is 24.5 Å². The van der Waals surface area contributed by atoms with Gasteiger partial charge in [-0.05, 0) is 52.2 Å². The molecule has 0 radical (unpaired) electrons. The van der Waals surface area contributed by atoms with Gasteiger partial charge in [0.1, 0.15) is 4.88 Å². The summed E-state index contributed by atoms with van der Waals surface area (Å²) in [6, 6.07) is 9.81. The Hall–Kier alpha value is -1.58. The number of carbonyl (C=O) groups is 1. The Balaban J connectivity index is 2.23. The molecule has 0 unspecified atom stereocenters. The van der Waals surface area contributed by atoms with Crippen LogP contribution in [0.2, 0.25) is 0 Å². The van der Waals surface area contributed by atoms with Crippen molar-refractivity contribution in [2.24, 2.45) is 0 Å². The topological polar surface area (TPSA) is 44.8 Å². The van der Waals surface area contributed by atoms with E-state index in [9.17, 15) is 4.79 Å². The number of carbonyl (C=O) groups excluding carboxylic acids is 1. The number of esters is 1. The molecule has 7 heteroatoms. The predicted molar refractivity (Wildman–Crippen MR) is 110 cm³/mol. The number of hydrogen-bond acceptors (Lipinski definition) is 6. The maximum absolute atomic E-state index is 12.0. The lowest BCUT2D eigenvalue weighted by Crippen LogP contribution is -1.97. The molecule has 25 heavy (non-hydrogen) atoms. The molecule has 130 valence electrons. The maximum Gasteiger partial charge on any atom is 0.348 e. The van der Waals surface area contributed by atoms with Crippen LogP contribution >= 0.6 is 45.3 Å². The van der Waals surface area contributed by atoms with Crippen LogP contribution in [0.5, 0.6) is 11.5 Å². The molecule has 0 aliphatic heterocycles. The Labute approximate surface area is 167 Å². The lowest BCUT2D eigenvalue weighted by Gasteiger charge is -2.12. The fourth-order valence-electron chi connectivity index (χ4n) is 2.44. The number of halogens is 1. The number of benzene rings is 1. The molecular weight excluding hydrogens is 471 g/mol. The molecule has 0 atom stereocenters. The van der Waals surface area contributed by atoms with Crippen LogP contribution in [-0.4, -0.2) is 27.3 Å². The van der Waals surface area contributed by atoms with Crippen molar-refractivity contribution < 1.29 is 19.0 Å². The van der Waals surface area contributed by atoms with Crippen molar-refractivity contribution in [1.29, 1.82) is 0 Å². The van der Waals surface area contributed by atoms with E-state index in [1.54, 1.807) is 25.6 Å². The molecule has 0 amide bonds. The summed E-state index contributed by atoms with van der Waals surface area (Å²) in [7, 11) is 4.62. The van der Waals surface area contributed by atoms with Crippen molar-refractivity contribution >= 4 is 51.2 Å². The number of methoxy groups -OCH3 is 3. The summed E-state index contributed by atoms with van der Waals surface area (Å²) >= 11 is 5.35. The van der Waals surface area contributed by atoms with E-state index in [0.29, 0.717) is 16.4 Å². The van der Waals surface area contributed by atoms with Gasteiger partial charge in [-0.2, -0.15) is 0 Å². The van der Waals surface area contributed by atoms with Crippen LogP contribution in [0.1, 0.15) is 9.67 Å². The zero-order valence-electron chi connectivity index (χ0n) is 13.8. The van der Waals surface area contributed by atoms with Gasteiger partial charge in [0.25, 0.3) is 0 Å². The van der Waals surface area contributed by atoms with Crippen molar-refractivity contribution in [2.75, 3.05) is 21.3 Å². The highest BCUT2D eigenvalue weighted by Gasteiger charge is 2.21. The van der Waals surface area contributed by atoms with Gasteiger partial charge in [-0.1, -0.05) is 6.07 Å². The highest BCUT2D eigenvalue weighted by atomic mass is 127. The average molecular weight is 486 g/mol. The summed E-state index contributed by atoms with van der Waals surface area (Å²) in [4.78, 5) is 14.8. The first-order chi connectivity index (χ1) is 12.1. The minimum Gasteiger partial charge on any atom is -0.493 e. The first-order valence-corrected chi connectivity index (χ1v) is 10.0. The average Bonchev–Trinajstić information content (AvgIpc) is 3.30. The van der Waals surface area contributed by atoms with Gasteiger partial charge in [-0.15, -0.1) is 22.7 Å². The second kappa shape index (κ2) is 7.76. The number of thiophene rings is 2. The second-order valence-electron chi connectivity index (χ2n) is 5.01. The standard InChI is InChI=1S/C18H15IO4S2/c1-21-13-7-10(12(19)9-14(13)22-2)11-8-16(18(20)23-3)25-17(11)15-5-4-6-24-15/h4-9H,1-3H3. The normalized spacial score (nSPS) is 10.6. The minimum atomic E-state index is -0.329. The number of hydrogen-bond donors (Lipinski definition) is 0. The lowest BCUT2D eigenvalue weighted by atomic mass is 10.0. The molecule has 2 aromatic heterocycles. The highest BCUT2D eigenvalue weighted by molar-refractivity contribution is 14.1. The van der Waals surface area contributed by atoms with E-state index in [4.69, 9.17) is 14.2 Å². The summed E-state index contributed by atoms with van der Waals surface area (Å²) in [5.41, 5.74) is 1.98. The third-order valence-electron chi connectivity index (χ3n) is 3.63. The highest BCUT2D eigenvalue weighted by Crippen LogP contribution is 2.45. The van der Waals surface area contributed by atoms with Crippen molar-refractivity contribution in [1.82, 2.24) is 0 Å². The molecule has 0 saturated heterocycles. The monoisotopic (exact) mass is 486 g/mol. The molecule has 4 nitrogen and oxygen atoms in total. The van der Waals surface area contributed by atoms with Crippen molar-refractivity contribution in [2.45, 2.75) is 0 Å². The molecule has 2 heterocycles. The molecule has 0 fully saturated rings. The number of ether oxygens (including phenoxy) is 3. The van der Waals surface area contributed by atoms with Crippen LogP contribution in [0.4, 0.5) is 0 Å². The smallest absolute Gasteiger partial charge is 0.348 e. The van der Waals surface area contributed by atoms with Gasteiger partial charge in [0.15, 0.2) is 11.5 Å². The number of rotatable bonds is 5. The maximum atomic E-state index is 12.0. The molecule has 0 aliphatic carbocycles. The van der Waals surface area contributed by atoms with Gasteiger partial charge in [0, 0.05) is 19.6 Å². The summed E-state index contributed by atoms with van der Waals surface area (Å²) in [5.74, 6) is 1.00. The first kappa shape index (κ1) is 18.2. The van der Waals surface area contributed by atoms with Gasteiger partial charge < -0.3 is 14.2 Å². The quantitative estimate of drug-likeness (QED) is 0.351. The molecule has 0 saturated carbocycles. The third-order valence-corrected chi connectivity index (χ3v) is 6.68. The molecule has 3 aromatic rings. The summed E-state index contributed by atoms with van der Waals surface area (Å²) < 4.78 is 16.7. The van der Waals surface area contributed by atoms with E-state index in [1.807, 2.05) is 29.6 Å². The van der Waals surface area contributed by atoms with Crippen LogP contribution < -0.4 is 9.47 Å². The third kappa shape index (κ3) is 3.54. The van der Waals surface area contributed by atoms with E-state index < -0.39 is 0 Å². The van der Waals surface area contributed by atoms with Crippen molar-refractivity contribution in [3.63, 3.8) is 0 Å². The van der Waals surface area contributed by atoms with Crippen LogP contribution in [0.3, 0.4) is 0 Å². The first-order valence-electron chi connectivity index (χ1n) is 7.27. The zero-order chi connectivity index (χ0) is 18.0. The van der Waals surface area contributed by atoms with Gasteiger partial charge >= 0.3 is 5.97 Å². The Bertz CT molecular complexity index is 900. The zero-order valence-corrected chi connectivity index (χ0v) is 17.6. The molecule has 0 bridgehead atoms. The van der Waals surface area contributed by atoms with Gasteiger partial charge in [0.05, 0.1) is 26.2 Å². The molecule has 1 aromatic carbocycles. The van der Waals surface area contributed by atoms with E-state index in [2.05, 4.69) is 28.7 Å². The predicted octanol–water partition coefficient (Wildman–Crippen LogP) is 5.55. The molecule has 0 aliphatic rings. The van der Waals surface area contributed by atoms with Crippen LogP contribution in [0, 0.1) is 3.57 Å². The van der Waals surface area contributed by atoms with Crippen LogP contribution in [0.25, 0.3) is 20.9 Å². The summed E-state index contributed by atoms with van der Waals surface area (Å²) in [6.45, 7) is 0. The summed E-state index contributed by atoms with van der Waals surface area (Å²) in [6.07, 6.45) is 0. The molecule has 0 N–H and O–H groups in total. The SMILES string of the molecule is COC(=O)c1cc(-c2cc(OC)c(OC)cc2I)c(-c2cccs2)s1. The fraction of sp³-hybridized carbons (Fsp3) is 0.167. The molecule has 0 spiro atoms. The Morgan fingerprint density at radius 3 is 2.36 bits per heavy atom. The minimum absolute atomic E-state index is 0.329. The van der Waals surface area contributed by atoms with E-state index in [-0.39, 0.29) is 5.97 Å². The van der Waals surface area contributed by atoms with Crippen molar-refractivity contribution in [3.8, 4) is 32.4 Å². The van der Waals surface area contributed by atoms with Crippen LogP contribution in [-0.2, 0) is 4.74 Å².